The maximum Gasteiger partial charge on any atom is 0.446 e. The van der Waals surface area contributed by atoms with Crippen LogP contribution in [0.1, 0.15) is 9.75 Å². The summed E-state index contributed by atoms with van der Waals surface area (Å²) < 4.78 is 38.4. The lowest BCUT2D eigenvalue weighted by Gasteiger charge is -2.12. The molecule has 0 unspecified atom stereocenters. The molecule has 1 aromatic heterocycles. The Morgan fingerprint density at radius 3 is 2.60 bits per heavy atom. The number of nitrogens with one attached hydrogen (secondary N) is 1. The third-order valence-electron chi connectivity index (χ3n) is 2.47. The summed E-state index contributed by atoms with van der Waals surface area (Å²) in [6, 6.07) is 8.43. The highest BCUT2D eigenvalue weighted by atomic mass is 79.9. The van der Waals surface area contributed by atoms with Crippen molar-refractivity contribution in [3.05, 3.63) is 44.6 Å². The summed E-state index contributed by atoms with van der Waals surface area (Å²) in [5.74, 6) is 0. The van der Waals surface area contributed by atoms with Gasteiger partial charge in [0.05, 0.1) is 0 Å². The number of hydrogen-bond donors (Lipinski definition) is 1. The minimum atomic E-state index is -4.28. The van der Waals surface area contributed by atoms with Crippen molar-refractivity contribution in [1.29, 1.82) is 0 Å². The molecule has 0 aliphatic rings. The number of rotatable bonds is 4. The van der Waals surface area contributed by atoms with Gasteiger partial charge in [-0.2, -0.15) is 13.2 Å². The van der Waals surface area contributed by atoms with Crippen molar-refractivity contribution in [3.8, 4) is 0 Å². The van der Waals surface area contributed by atoms with E-state index < -0.39 is 5.51 Å². The molecule has 1 aromatic carbocycles. The molecule has 0 aliphatic carbocycles. The fourth-order valence-corrected chi connectivity index (χ4v) is 3.80. The minimum absolute atomic E-state index is 0.0975. The van der Waals surface area contributed by atoms with Gasteiger partial charge in [0, 0.05) is 31.4 Å². The molecule has 1 N–H and O–H groups in total. The lowest BCUT2D eigenvalue weighted by atomic mass is 10.3. The van der Waals surface area contributed by atoms with Crippen LogP contribution in [0.15, 0.2) is 39.7 Å². The third-order valence-corrected chi connectivity index (χ3v) is 5.42. The van der Waals surface area contributed by atoms with Crippen LogP contribution in [0.25, 0.3) is 0 Å². The molecule has 20 heavy (non-hydrogen) atoms. The summed E-state index contributed by atoms with van der Waals surface area (Å²) in [6.07, 6.45) is 0. The Balaban J connectivity index is 2.09. The Hall–Kier alpha value is -0.660. The number of thiophene rings is 1. The second-order valence-electron chi connectivity index (χ2n) is 4.01. The van der Waals surface area contributed by atoms with Crippen molar-refractivity contribution in [1.82, 2.24) is 0 Å². The first-order chi connectivity index (χ1) is 9.35. The van der Waals surface area contributed by atoms with E-state index in [-0.39, 0.29) is 16.7 Å². The summed E-state index contributed by atoms with van der Waals surface area (Å²) >= 11 is 4.94. The summed E-state index contributed by atoms with van der Waals surface area (Å²) in [4.78, 5) is 2.41. The average molecular weight is 382 g/mol. The number of thioether (sulfide) groups is 1. The summed E-state index contributed by atoms with van der Waals surface area (Å²) in [7, 11) is 0. The molecule has 0 fully saturated rings. The van der Waals surface area contributed by atoms with E-state index in [1.54, 1.807) is 29.5 Å². The van der Waals surface area contributed by atoms with Crippen molar-refractivity contribution >= 4 is 44.7 Å². The number of aryl methyl sites for hydroxylation is 1. The van der Waals surface area contributed by atoms with Gasteiger partial charge >= 0.3 is 5.51 Å². The first-order valence-electron chi connectivity index (χ1n) is 5.68. The van der Waals surface area contributed by atoms with E-state index in [4.69, 9.17) is 0 Å². The molecule has 0 bridgehead atoms. The Kier molecular flexibility index (Phi) is 5.04. The number of benzene rings is 1. The SMILES string of the molecule is Cc1sc(CNc2ccccc2SC(F)(F)F)cc1Br. The molecule has 1 heterocycles. The zero-order valence-electron chi connectivity index (χ0n) is 10.4. The standard InChI is InChI=1S/C13H11BrF3NS2/c1-8-10(14)6-9(19-8)7-18-11-4-2-3-5-12(11)20-13(15,16)17/h2-6,18H,7H2,1H3. The maximum absolute atomic E-state index is 12.5. The highest BCUT2D eigenvalue weighted by Gasteiger charge is 2.30. The van der Waals surface area contributed by atoms with Crippen molar-refractivity contribution < 1.29 is 13.2 Å². The van der Waals surface area contributed by atoms with Gasteiger partial charge in [0.2, 0.25) is 0 Å². The third kappa shape index (κ3) is 4.43. The Bertz CT molecular complexity index is 576. The zero-order chi connectivity index (χ0) is 14.8. The normalized spacial score (nSPS) is 11.7. The number of alkyl halides is 3. The van der Waals surface area contributed by atoms with Crippen LogP contribution in [0.2, 0.25) is 0 Å². The highest BCUT2D eigenvalue weighted by Crippen LogP contribution is 2.40. The van der Waals surface area contributed by atoms with Crippen molar-refractivity contribution in [2.45, 2.75) is 23.9 Å². The number of para-hydroxylation sites is 1. The predicted molar refractivity (Wildman–Crippen MR) is 82.4 cm³/mol. The molecule has 0 saturated heterocycles. The molecule has 7 heteroatoms. The number of halogens is 4. The van der Waals surface area contributed by atoms with Crippen LogP contribution < -0.4 is 5.32 Å². The Morgan fingerprint density at radius 2 is 2.00 bits per heavy atom. The van der Waals surface area contributed by atoms with Crippen LogP contribution in [-0.2, 0) is 6.54 Å². The molecule has 2 aromatic rings. The van der Waals surface area contributed by atoms with Crippen molar-refractivity contribution in [3.63, 3.8) is 0 Å². The van der Waals surface area contributed by atoms with Crippen LogP contribution in [0, 0.1) is 6.92 Å². The topological polar surface area (TPSA) is 12.0 Å². The molecular weight excluding hydrogens is 371 g/mol. The van der Waals surface area contributed by atoms with Crippen LogP contribution in [0.5, 0.6) is 0 Å². The van der Waals surface area contributed by atoms with Crippen LogP contribution >= 0.6 is 39.0 Å². The lowest BCUT2D eigenvalue weighted by Crippen LogP contribution is -2.03. The fourth-order valence-electron chi connectivity index (χ4n) is 1.61. The van der Waals surface area contributed by atoms with E-state index in [1.807, 2.05) is 13.0 Å². The van der Waals surface area contributed by atoms with Crippen LogP contribution in [0.4, 0.5) is 18.9 Å². The number of hydrogen-bond acceptors (Lipinski definition) is 3. The van der Waals surface area contributed by atoms with E-state index in [2.05, 4.69) is 21.2 Å². The summed E-state index contributed by atoms with van der Waals surface area (Å²) in [5, 5.41) is 3.06. The molecule has 0 saturated carbocycles. The molecule has 108 valence electrons. The molecule has 0 aliphatic heterocycles. The van der Waals surface area contributed by atoms with E-state index in [9.17, 15) is 13.2 Å². The van der Waals surface area contributed by atoms with E-state index >= 15 is 0 Å². The Morgan fingerprint density at radius 1 is 1.30 bits per heavy atom. The molecule has 0 radical (unpaired) electrons. The molecule has 0 spiro atoms. The minimum Gasteiger partial charge on any atom is -0.379 e. The van der Waals surface area contributed by atoms with Gasteiger partial charge in [-0.3, -0.25) is 0 Å². The van der Waals surface area contributed by atoms with Gasteiger partial charge in [-0.25, -0.2) is 0 Å². The van der Waals surface area contributed by atoms with E-state index in [0.717, 1.165) is 14.2 Å². The molecule has 2 rings (SSSR count). The van der Waals surface area contributed by atoms with Gasteiger partial charge in [-0.1, -0.05) is 12.1 Å². The second-order valence-corrected chi connectivity index (χ2v) is 7.32. The van der Waals surface area contributed by atoms with Gasteiger partial charge in [-0.15, -0.1) is 11.3 Å². The van der Waals surface area contributed by atoms with E-state index in [1.165, 1.54) is 6.07 Å². The first-order valence-corrected chi connectivity index (χ1v) is 8.11. The molecule has 1 nitrogen and oxygen atoms in total. The van der Waals surface area contributed by atoms with Crippen molar-refractivity contribution in [2.75, 3.05) is 5.32 Å². The quantitative estimate of drug-likeness (QED) is 0.647. The predicted octanol–water partition coefficient (Wildman–Crippen LogP) is 6.04. The zero-order valence-corrected chi connectivity index (χ0v) is 13.6. The van der Waals surface area contributed by atoms with E-state index in [0.29, 0.717) is 12.2 Å². The van der Waals surface area contributed by atoms with Crippen molar-refractivity contribution in [2.24, 2.45) is 0 Å². The van der Waals surface area contributed by atoms with Gasteiger partial charge in [0.1, 0.15) is 0 Å². The monoisotopic (exact) mass is 381 g/mol. The number of anilines is 1. The fraction of sp³-hybridized carbons (Fsp3) is 0.231. The van der Waals surface area contributed by atoms with Gasteiger partial charge in [0.15, 0.2) is 0 Å². The Labute approximate surface area is 131 Å². The summed E-state index contributed by atoms with van der Waals surface area (Å²) in [5.41, 5.74) is -3.78. The smallest absolute Gasteiger partial charge is 0.379 e. The van der Waals surface area contributed by atoms with Gasteiger partial charge < -0.3 is 5.32 Å². The lowest BCUT2D eigenvalue weighted by molar-refractivity contribution is -0.0327. The average Bonchev–Trinajstić information content (AvgIpc) is 2.66. The molecular formula is C13H11BrF3NS2. The van der Waals surface area contributed by atoms with Crippen LogP contribution in [0.3, 0.4) is 0 Å². The second kappa shape index (κ2) is 6.41. The molecule has 0 atom stereocenters. The van der Waals surface area contributed by atoms with Gasteiger partial charge in [0.25, 0.3) is 0 Å². The first kappa shape index (κ1) is 15.7. The highest BCUT2D eigenvalue weighted by molar-refractivity contribution is 9.10. The summed E-state index contributed by atoms with van der Waals surface area (Å²) in [6.45, 7) is 2.50. The molecule has 0 amide bonds. The largest absolute Gasteiger partial charge is 0.446 e. The van der Waals surface area contributed by atoms with Gasteiger partial charge in [-0.05, 0) is 52.8 Å². The van der Waals surface area contributed by atoms with Crippen LogP contribution in [-0.4, -0.2) is 5.51 Å². The maximum atomic E-state index is 12.5.